The maximum absolute atomic E-state index is 12.9. The number of carboxylic acids is 3. The van der Waals surface area contributed by atoms with Gasteiger partial charge in [0.25, 0.3) is 0 Å². The normalized spacial score (nSPS) is 14.2. The predicted octanol–water partition coefficient (Wildman–Crippen LogP) is -0.818. The van der Waals surface area contributed by atoms with Gasteiger partial charge in [-0.05, 0) is 17.5 Å². The Morgan fingerprint density at radius 1 is 0.816 bits per heavy atom. The molecule has 1 heterocycles. The van der Waals surface area contributed by atoms with Crippen molar-refractivity contribution in [1.82, 2.24) is 20.9 Å². The molecule has 14 nitrogen and oxygen atoms in total. The Morgan fingerprint density at radius 2 is 1.32 bits per heavy atom. The number of hydrogen-bond donors (Lipinski definition) is 8. The van der Waals surface area contributed by atoms with Crippen LogP contribution in [0.5, 0.6) is 0 Å². The van der Waals surface area contributed by atoms with Crippen molar-refractivity contribution in [2.24, 2.45) is 11.7 Å². The summed E-state index contributed by atoms with van der Waals surface area (Å²) >= 11 is 0. The average Bonchev–Trinajstić information content (AvgIpc) is 3.24. The molecule has 0 saturated carbocycles. The van der Waals surface area contributed by atoms with E-state index >= 15 is 0 Å². The number of aromatic amines is 1. The first kappa shape index (κ1) is 29.8. The third kappa shape index (κ3) is 8.30. The molecule has 2 aromatic rings. The minimum Gasteiger partial charge on any atom is -0.481 e. The number of carbonyl (C=O) groups is 6. The average molecular weight is 534 g/mol. The number of H-pyrrole nitrogens is 1. The summed E-state index contributed by atoms with van der Waals surface area (Å²) in [5.74, 6) is -7.76. The van der Waals surface area contributed by atoms with Gasteiger partial charge in [0.05, 0.1) is 18.9 Å². The van der Waals surface area contributed by atoms with Gasteiger partial charge in [-0.3, -0.25) is 24.0 Å². The van der Waals surface area contributed by atoms with E-state index in [-0.39, 0.29) is 12.3 Å². The SMILES string of the molecule is CC(C)C(N)C(=O)NC(CC(=O)O)C(=O)NC(CC(=O)O)C(=O)NC(Cc1c[nH]c2ccccc12)C(=O)O. The fraction of sp³-hybridized carbons (Fsp3) is 0.417. The van der Waals surface area contributed by atoms with Crippen LogP contribution in [0.4, 0.5) is 0 Å². The molecule has 2 rings (SSSR count). The number of aromatic nitrogens is 1. The molecule has 14 heteroatoms. The number of hydrogen-bond acceptors (Lipinski definition) is 7. The topological polar surface area (TPSA) is 241 Å². The van der Waals surface area contributed by atoms with Gasteiger partial charge >= 0.3 is 17.9 Å². The van der Waals surface area contributed by atoms with E-state index in [0.717, 1.165) is 10.9 Å². The van der Waals surface area contributed by atoms with Crippen molar-refractivity contribution in [2.45, 2.75) is 57.3 Å². The van der Waals surface area contributed by atoms with Crippen molar-refractivity contribution >= 4 is 46.5 Å². The Labute approximate surface area is 217 Å². The fourth-order valence-electron chi connectivity index (χ4n) is 3.60. The third-order valence-corrected chi connectivity index (χ3v) is 5.76. The lowest BCUT2D eigenvalue weighted by atomic mass is 10.0. The number of benzene rings is 1. The third-order valence-electron chi connectivity index (χ3n) is 5.76. The van der Waals surface area contributed by atoms with Crippen LogP contribution >= 0.6 is 0 Å². The fourth-order valence-corrected chi connectivity index (χ4v) is 3.60. The van der Waals surface area contributed by atoms with Crippen LogP contribution in [0, 0.1) is 5.92 Å². The van der Waals surface area contributed by atoms with Gasteiger partial charge in [0, 0.05) is 23.5 Å². The van der Waals surface area contributed by atoms with Crippen molar-refractivity contribution < 1.29 is 44.1 Å². The van der Waals surface area contributed by atoms with E-state index < -0.39 is 72.6 Å². The number of para-hydroxylation sites is 1. The van der Waals surface area contributed by atoms with Crippen LogP contribution in [0.2, 0.25) is 0 Å². The molecule has 0 bridgehead atoms. The highest BCUT2D eigenvalue weighted by Crippen LogP contribution is 2.19. The van der Waals surface area contributed by atoms with Crippen LogP contribution in [0.15, 0.2) is 30.5 Å². The predicted molar refractivity (Wildman–Crippen MR) is 133 cm³/mol. The molecule has 4 unspecified atom stereocenters. The molecule has 1 aromatic carbocycles. The second-order valence-electron chi connectivity index (χ2n) is 9.05. The second-order valence-corrected chi connectivity index (χ2v) is 9.05. The molecule has 38 heavy (non-hydrogen) atoms. The molecular weight excluding hydrogens is 502 g/mol. The summed E-state index contributed by atoms with van der Waals surface area (Å²) < 4.78 is 0. The zero-order chi connectivity index (χ0) is 28.6. The minimum atomic E-state index is -1.77. The number of nitrogens with two attached hydrogens (primary N) is 1. The van der Waals surface area contributed by atoms with E-state index in [2.05, 4.69) is 20.9 Å². The lowest BCUT2D eigenvalue weighted by Gasteiger charge is -2.24. The molecular formula is C24H31N5O9. The number of amides is 3. The standard InChI is InChI=1S/C24H31N5O9/c1-11(2)20(25)23(36)28-16(9-19(32)33)21(34)27-15(8-18(30)31)22(35)29-17(24(37)38)7-12-10-26-14-6-4-3-5-13(12)14/h3-6,10-11,15-17,20,26H,7-9,25H2,1-2H3,(H,27,34)(H,28,36)(H,29,35)(H,30,31)(H,32,33)(H,37,38). The number of carbonyl (C=O) groups excluding carboxylic acids is 3. The summed E-state index contributed by atoms with van der Waals surface area (Å²) in [4.78, 5) is 75.5. The maximum atomic E-state index is 12.9. The first-order valence-corrected chi connectivity index (χ1v) is 11.7. The Hall–Kier alpha value is -4.46. The van der Waals surface area contributed by atoms with Gasteiger partial charge in [0.15, 0.2) is 0 Å². The molecule has 1 aromatic heterocycles. The van der Waals surface area contributed by atoms with Crippen LogP contribution in [-0.2, 0) is 35.2 Å². The van der Waals surface area contributed by atoms with E-state index in [1.807, 2.05) is 0 Å². The van der Waals surface area contributed by atoms with Gasteiger partial charge in [-0.15, -0.1) is 0 Å². The van der Waals surface area contributed by atoms with Crippen molar-refractivity contribution in [1.29, 1.82) is 0 Å². The first-order chi connectivity index (χ1) is 17.8. The van der Waals surface area contributed by atoms with Crippen molar-refractivity contribution in [3.63, 3.8) is 0 Å². The molecule has 0 spiro atoms. The molecule has 0 aliphatic rings. The highest BCUT2D eigenvalue weighted by Gasteiger charge is 2.33. The lowest BCUT2D eigenvalue weighted by Crippen LogP contribution is -2.58. The number of aliphatic carboxylic acids is 3. The minimum absolute atomic E-state index is 0.149. The zero-order valence-corrected chi connectivity index (χ0v) is 20.8. The van der Waals surface area contributed by atoms with Gasteiger partial charge in [-0.25, -0.2) is 4.79 Å². The molecule has 0 fully saturated rings. The molecule has 0 radical (unpaired) electrons. The quantitative estimate of drug-likeness (QED) is 0.150. The Bertz CT molecular complexity index is 1210. The Morgan fingerprint density at radius 3 is 1.82 bits per heavy atom. The Balaban J connectivity index is 2.20. The van der Waals surface area contributed by atoms with Crippen molar-refractivity contribution in [3.8, 4) is 0 Å². The highest BCUT2D eigenvalue weighted by molar-refractivity contribution is 5.97. The van der Waals surface area contributed by atoms with Crippen LogP contribution in [0.25, 0.3) is 10.9 Å². The van der Waals surface area contributed by atoms with E-state index in [9.17, 15) is 39.0 Å². The van der Waals surface area contributed by atoms with Crippen LogP contribution in [0.1, 0.15) is 32.3 Å². The summed E-state index contributed by atoms with van der Waals surface area (Å²) in [5.41, 5.74) is 7.07. The molecule has 0 aliphatic carbocycles. The molecule has 9 N–H and O–H groups in total. The van der Waals surface area contributed by atoms with Gasteiger partial charge in [-0.1, -0.05) is 32.0 Å². The molecule has 206 valence electrons. The van der Waals surface area contributed by atoms with Crippen LogP contribution in [-0.4, -0.2) is 80.1 Å². The molecule has 0 aliphatic heterocycles. The van der Waals surface area contributed by atoms with E-state index in [1.54, 1.807) is 44.3 Å². The maximum Gasteiger partial charge on any atom is 0.326 e. The number of rotatable bonds is 14. The summed E-state index contributed by atoms with van der Waals surface area (Å²) in [6, 6.07) is 1.11. The first-order valence-electron chi connectivity index (χ1n) is 11.7. The molecule has 3 amide bonds. The summed E-state index contributed by atoms with van der Waals surface area (Å²) in [7, 11) is 0. The van der Waals surface area contributed by atoms with E-state index in [1.165, 1.54) is 0 Å². The van der Waals surface area contributed by atoms with Gasteiger partial charge < -0.3 is 42.0 Å². The van der Waals surface area contributed by atoms with Gasteiger partial charge in [0.2, 0.25) is 17.7 Å². The zero-order valence-electron chi connectivity index (χ0n) is 20.8. The van der Waals surface area contributed by atoms with E-state index in [0.29, 0.717) is 5.56 Å². The summed E-state index contributed by atoms with van der Waals surface area (Å²) in [5, 5.41) is 35.3. The second kappa shape index (κ2) is 13.2. The number of fused-ring (bicyclic) bond motifs is 1. The largest absolute Gasteiger partial charge is 0.481 e. The monoisotopic (exact) mass is 533 g/mol. The number of nitrogens with one attached hydrogen (secondary N) is 4. The highest BCUT2D eigenvalue weighted by atomic mass is 16.4. The van der Waals surface area contributed by atoms with E-state index in [4.69, 9.17) is 10.8 Å². The van der Waals surface area contributed by atoms with Gasteiger partial charge in [0.1, 0.15) is 18.1 Å². The van der Waals surface area contributed by atoms with Crippen molar-refractivity contribution in [3.05, 3.63) is 36.0 Å². The molecule has 0 saturated heterocycles. The lowest BCUT2D eigenvalue weighted by molar-refractivity contribution is -0.145. The summed E-state index contributed by atoms with van der Waals surface area (Å²) in [6.07, 6.45) is -0.369. The number of carboxylic acid groups (broad SMARTS) is 3. The Kier molecular flexibility index (Phi) is 10.3. The smallest absolute Gasteiger partial charge is 0.326 e. The molecule has 4 atom stereocenters. The van der Waals surface area contributed by atoms with Crippen molar-refractivity contribution in [2.75, 3.05) is 0 Å². The van der Waals surface area contributed by atoms with Crippen LogP contribution in [0.3, 0.4) is 0 Å². The van der Waals surface area contributed by atoms with Gasteiger partial charge in [-0.2, -0.15) is 0 Å². The van der Waals surface area contributed by atoms with Crippen LogP contribution < -0.4 is 21.7 Å². The summed E-state index contributed by atoms with van der Waals surface area (Å²) in [6.45, 7) is 3.28.